The van der Waals surface area contributed by atoms with E-state index in [-0.39, 0.29) is 30.8 Å². The molecule has 0 aromatic carbocycles. The van der Waals surface area contributed by atoms with Crippen LogP contribution in [0.1, 0.15) is 37.9 Å². The minimum Gasteiger partial charge on any atom is -0.376 e. The Kier molecular flexibility index (Phi) is 5.64. The maximum absolute atomic E-state index is 12.1. The summed E-state index contributed by atoms with van der Waals surface area (Å²) in [6.45, 7) is 4.85. The summed E-state index contributed by atoms with van der Waals surface area (Å²) in [4.78, 5) is 12.1. The molecule has 0 bridgehead atoms. The van der Waals surface area contributed by atoms with Crippen molar-refractivity contribution in [3.8, 4) is 0 Å². The van der Waals surface area contributed by atoms with Gasteiger partial charge >= 0.3 is 0 Å². The molecule has 0 radical (unpaired) electrons. The summed E-state index contributed by atoms with van der Waals surface area (Å²) in [5.41, 5.74) is 1.01. The number of aromatic nitrogens is 2. The Bertz CT molecular complexity index is 513. The third-order valence-electron chi connectivity index (χ3n) is 4.30. The molecule has 1 unspecified atom stereocenters. The van der Waals surface area contributed by atoms with Gasteiger partial charge in [0.05, 0.1) is 24.9 Å². The Balaban J connectivity index is 1.44. The Hall–Kier alpha value is -1.44. The van der Waals surface area contributed by atoms with Crippen LogP contribution < -0.4 is 5.32 Å². The van der Waals surface area contributed by atoms with Crippen LogP contribution in [0, 0.1) is 0 Å². The van der Waals surface area contributed by atoms with Crippen molar-refractivity contribution in [2.24, 2.45) is 0 Å². The van der Waals surface area contributed by atoms with Crippen LogP contribution in [0.4, 0.5) is 0 Å². The molecule has 3 atom stereocenters. The van der Waals surface area contributed by atoms with Crippen molar-refractivity contribution < 1.29 is 19.0 Å². The quantitative estimate of drug-likeness (QED) is 0.812. The highest BCUT2D eigenvalue weighted by atomic mass is 16.5. The summed E-state index contributed by atoms with van der Waals surface area (Å²) >= 11 is 0. The summed E-state index contributed by atoms with van der Waals surface area (Å²) in [5.74, 6) is -0.105. The van der Waals surface area contributed by atoms with E-state index >= 15 is 0 Å². The zero-order valence-electron chi connectivity index (χ0n) is 13.6. The molecule has 1 amide bonds. The third-order valence-corrected chi connectivity index (χ3v) is 4.30. The first kappa shape index (κ1) is 16.4. The predicted octanol–water partition coefficient (Wildman–Crippen LogP) is 1.04. The maximum atomic E-state index is 12.1. The highest BCUT2D eigenvalue weighted by molar-refractivity contribution is 5.77. The molecule has 0 aliphatic carbocycles. The molecule has 1 aromatic heterocycles. The lowest BCUT2D eigenvalue weighted by atomic mass is 10.1. The van der Waals surface area contributed by atoms with Crippen LogP contribution in [0.25, 0.3) is 0 Å². The summed E-state index contributed by atoms with van der Waals surface area (Å²) in [6.07, 6.45) is 6.70. The van der Waals surface area contributed by atoms with Crippen LogP contribution >= 0.6 is 0 Å². The van der Waals surface area contributed by atoms with Gasteiger partial charge in [0, 0.05) is 31.5 Å². The monoisotopic (exact) mass is 323 g/mol. The smallest absolute Gasteiger partial charge is 0.246 e. The molecule has 3 heterocycles. The van der Waals surface area contributed by atoms with Crippen LogP contribution in [0.5, 0.6) is 0 Å². The van der Waals surface area contributed by atoms with Crippen molar-refractivity contribution in [2.75, 3.05) is 26.4 Å². The van der Waals surface area contributed by atoms with Gasteiger partial charge in [-0.2, -0.15) is 5.10 Å². The van der Waals surface area contributed by atoms with E-state index in [4.69, 9.17) is 14.2 Å². The minimum absolute atomic E-state index is 0.0247. The number of amides is 1. The van der Waals surface area contributed by atoms with Crippen molar-refractivity contribution in [3.63, 3.8) is 0 Å². The lowest BCUT2D eigenvalue weighted by Gasteiger charge is -2.19. The zero-order valence-corrected chi connectivity index (χ0v) is 13.6. The number of carbonyl (C=O) groups is 1. The summed E-state index contributed by atoms with van der Waals surface area (Å²) in [6, 6.07) is -0.0247. The lowest BCUT2D eigenvalue weighted by Crippen LogP contribution is -2.39. The highest BCUT2D eigenvalue weighted by Gasteiger charge is 2.31. The molecule has 7 nitrogen and oxygen atoms in total. The number of aryl methyl sites for hydroxylation is 1. The van der Waals surface area contributed by atoms with Gasteiger partial charge in [0.1, 0.15) is 12.7 Å². The molecule has 1 N–H and O–H groups in total. The van der Waals surface area contributed by atoms with Crippen molar-refractivity contribution in [2.45, 2.75) is 51.0 Å². The second-order valence-corrected chi connectivity index (χ2v) is 6.03. The van der Waals surface area contributed by atoms with Crippen molar-refractivity contribution in [3.05, 3.63) is 18.0 Å². The van der Waals surface area contributed by atoms with Crippen LogP contribution in [-0.2, 0) is 25.5 Å². The average molecular weight is 323 g/mol. The number of carbonyl (C=O) groups excluding carboxylic acids is 1. The van der Waals surface area contributed by atoms with E-state index in [1.54, 1.807) is 0 Å². The van der Waals surface area contributed by atoms with Gasteiger partial charge < -0.3 is 19.5 Å². The van der Waals surface area contributed by atoms with Crippen molar-refractivity contribution in [1.82, 2.24) is 15.1 Å². The summed E-state index contributed by atoms with van der Waals surface area (Å²) in [7, 11) is 0. The third kappa shape index (κ3) is 4.31. The first-order valence-corrected chi connectivity index (χ1v) is 8.39. The normalized spacial score (nSPS) is 27.4. The number of nitrogens with zero attached hydrogens (tertiary/aromatic N) is 2. The van der Waals surface area contributed by atoms with Crippen molar-refractivity contribution >= 4 is 5.91 Å². The van der Waals surface area contributed by atoms with Gasteiger partial charge in [0.25, 0.3) is 0 Å². The van der Waals surface area contributed by atoms with Crippen LogP contribution in [-0.4, -0.2) is 54.3 Å². The number of rotatable bonds is 7. The molecule has 2 saturated heterocycles. The Morgan fingerprint density at radius 1 is 1.43 bits per heavy atom. The molecule has 23 heavy (non-hydrogen) atoms. The van der Waals surface area contributed by atoms with E-state index < -0.39 is 0 Å². The molecule has 2 fully saturated rings. The molecular formula is C16H25N3O4. The molecule has 2 aliphatic rings. The molecule has 0 saturated carbocycles. The number of nitrogens with one attached hydrogen (secondary N) is 1. The molecule has 3 rings (SSSR count). The van der Waals surface area contributed by atoms with E-state index in [2.05, 4.69) is 10.4 Å². The zero-order chi connectivity index (χ0) is 16.1. The van der Waals surface area contributed by atoms with E-state index in [0.29, 0.717) is 13.2 Å². The van der Waals surface area contributed by atoms with E-state index in [0.717, 1.165) is 38.0 Å². The molecule has 1 aromatic rings. The summed E-state index contributed by atoms with van der Waals surface area (Å²) < 4.78 is 18.6. The predicted molar refractivity (Wildman–Crippen MR) is 82.9 cm³/mol. The van der Waals surface area contributed by atoms with Crippen LogP contribution in [0.2, 0.25) is 0 Å². The standard InChI is InChI=1S/C16H25N3O4/c1-2-19-9-12(8-17-19)16-14(5-7-23-16)18-15(20)11-21-10-13-4-3-6-22-13/h8-9,13-14,16H,2-7,10-11H2,1H3,(H,18,20)/t13?,14-,16+/m0/s1. The molecule has 0 spiro atoms. The molecule has 2 aliphatic heterocycles. The van der Waals surface area contributed by atoms with Gasteiger partial charge in [-0.1, -0.05) is 0 Å². The van der Waals surface area contributed by atoms with Gasteiger partial charge in [-0.05, 0) is 26.2 Å². The van der Waals surface area contributed by atoms with Gasteiger partial charge in [0.15, 0.2) is 0 Å². The van der Waals surface area contributed by atoms with Crippen LogP contribution in [0.3, 0.4) is 0 Å². The second-order valence-electron chi connectivity index (χ2n) is 6.03. The molecule has 128 valence electrons. The number of hydrogen-bond acceptors (Lipinski definition) is 5. The van der Waals surface area contributed by atoms with Gasteiger partial charge in [-0.3, -0.25) is 9.48 Å². The van der Waals surface area contributed by atoms with E-state index in [9.17, 15) is 4.79 Å². The topological polar surface area (TPSA) is 74.6 Å². The number of ether oxygens (including phenoxy) is 3. The fourth-order valence-electron chi connectivity index (χ4n) is 3.07. The summed E-state index contributed by atoms with van der Waals surface area (Å²) in [5, 5.41) is 7.29. The van der Waals surface area contributed by atoms with Gasteiger partial charge in [-0.25, -0.2) is 0 Å². The first-order valence-electron chi connectivity index (χ1n) is 8.39. The van der Waals surface area contributed by atoms with E-state index in [1.807, 2.05) is 24.0 Å². The SMILES string of the molecule is CCn1cc([C@H]2OCC[C@@H]2NC(=O)COCC2CCCO2)cn1. The largest absolute Gasteiger partial charge is 0.376 e. The Morgan fingerprint density at radius 2 is 2.35 bits per heavy atom. The second kappa shape index (κ2) is 7.90. The highest BCUT2D eigenvalue weighted by Crippen LogP contribution is 2.28. The van der Waals surface area contributed by atoms with Gasteiger partial charge in [-0.15, -0.1) is 0 Å². The fraction of sp³-hybridized carbons (Fsp3) is 0.750. The minimum atomic E-state index is -0.127. The van der Waals surface area contributed by atoms with Gasteiger partial charge in [0.2, 0.25) is 5.91 Å². The Labute approximate surface area is 136 Å². The van der Waals surface area contributed by atoms with Crippen LogP contribution in [0.15, 0.2) is 12.4 Å². The van der Waals surface area contributed by atoms with Crippen molar-refractivity contribution in [1.29, 1.82) is 0 Å². The fourth-order valence-corrected chi connectivity index (χ4v) is 3.07. The molecule has 7 heteroatoms. The average Bonchev–Trinajstić information content (AvgIpc) is 3.28. The first-order chi connectivity index (χ1) is 11.3. The Morgan fingerprint density at radius 3 is 3.09 bits per heavy atom. The lowest BCUT2D eigenvalue weighted by molar-refractivity contribution is -0.128. The van der Waals surface area contributed by atoms with E-state index in [1.165, 1.54) is 0 Å². The molecular weight excluding hydrogens is 298 g/mol. The number of hydrogen-bond donors (Lipinski definition) is 1. The maximum Gasteiger partial charge on any atom is 0.246 e.